The highest BCUT2D eigenvalue weighted by atomic mass is 32.2. The summed E-state index contributed by atoms with van der Waals surface area (Å²) in [5.74, 6) is -0.00663. The number of nitrogens with two attached hydrogens (primary N) is 1. The summed E-state index contributed by atoms with van der Waals surface area (Å²) in [7, 11) is -2.07. The van der Waals surface area contributed by atoms with Gasteiger partial charge in [0, 0.05) is 31.9 Å². The van der Waals surface area contributed by atoms with Gasteiger partial charge in [-0.2, -0.15) is 0 Å². The molecule has 0 aliphatic rings. The van der Waals surface area contributed by atoms with Crippen LogP contribution in [-0.4, -0.2) is 29.5 Å². The molecule has 102 valence electrons. The zero-order chi connectivity index (χ0) is 13.9. The number of nitrogen functional groups attached to an aromatic ring is 1. The first-order valence-corrected chi connectivity index (χ1v) is 7.15. The maximum atomic E-state index is 12.1. The molecule has 8 heteroatoms. The molecule has 7 nitrogen and oxygen atoms in total. The standard InChI is InChI=1S/C11H15N5O2S/c1-16-8-14-10(12)11(16)19(17,18)15-7-5-9-4-2-3-6-13-9/h2-4,6,8,15H,5,7,12H2,1H3. The highest BCUT2D eigenvalue weighted by molar-refractivity contribution is 7.89. The topological polar surface area (TPSA) is 103 Å². The van der Waals surface area contributed by atoms with E-state index in [9.17, 15) is 8.42 Å². The number of hydrogen-bond acceptors (Lipinski definition) is 5. The first-order chi connectivity index (χ1) is 9.00. The number of aromatic nitrogens is 3. The van der Waals surface area contributed by atoms with E-state index in [1.165, 1.54) is 10.9 Å². The second-order valence-electron chi connectivity index (χ2n) is 4.01. The van der Waals surface area contributed by atoms with Crippen LogP contribution in [0.25, 0.3) is 0 Å². The van der Waals surface area contributed by atoms with Gasteiger partial charge in [-0.1, -0.05) is 6.07 Å². The van der Waals surface area contributed by atoms with Crippen molar-refractivity contribution in [3.8, 4) is 0 Å². The van der Waals surface area contributed by atoms with E-state index in [-0.39, 0.29) is 17.4 Å². The van der Waals surface area contributed by atoms with Crippen molar-refractivity contribution < 1.29 is 8.42 Å². The monoisotopic (exact) mass is 281 g/mol. The molecule has 2 aromatic heterocycles. The Hall–Kier alpha value is -1.93. The van der Waals surface area contributed by atoms with Crippen molar-refractivity contribution in [2.75, 3.05) is 12.3 Å². The molecule has 0 saturated heterocycles. The molecule has 0 radical (unpaired) electrons. The number of rotatable bonds is 5. The summed E-state index contributed by atoms with van der Waals surface area (Å²) in [6.07, 6.45) is 3.55. The maximum absolute atomic E-state index is 12.1. The molecule has 0 fully saturated rings. The zero-order valence-corrected chi connectivity index (χ0v) is 11.3. The van der Waals surface area contributed by atoms with Gasteiger partial charge >= 0.3 is 0 Å². The Labute approximate surface area is 111 Å². The molecule has 2 aromatic rings. The lowest BCUT2D eigenvalue weighted by Gasteiger charge is -2.07. The number of hydrogen-bond donors (Lipinski definition) is 2. The van der Waals surface area contributed by atoms with Crippen molar-refractivity contribution in [2.24, 2.45) is 7.05 Å². The second-order valence-corrected chi connectivity index (χ2v) is 5.70. The van der Waals surface area contributed by atoms with Gasteiger partial charge in [-0.3, -0.25) is 4.98 Å². The summed E-state index contributed by atoms with van der Waals surface area (Å²) in [6.45, 7) is 0.254. The van der Waals surface area contributed by atoms with Crippen LogP contribution in [0.15, 0.2) is 35.7 Å². The fraction of sp³-hybridized carbons (Fsp3) is 0.273. The normalized spacial score (nSPS) is 11.6. The molecule has 3 N–H and O–H groups in total. The molecule has 0 aliphatic carbocycles. The van der Waals surface area contributed by atoms with Crippen molar-refractivity contribution in [3.05, 3.63) is 36.4 Å². The van der Waals surface area contributed by atoms with Gasteiger partial charge < -0.3 is 10.3 Å². The molecule has 2 rings (SSSR count). The Morgan fingerprint density at radius 3 is 2.74 bits per heavy atom. The smallest absolute Gasteiger partial charge is 0.260 e. The van der Waals surface area contributed by atoms with Crippen molar-refractivity contribution >= 4 is 15.8 Å². The molecule has 19 heavy (non-hydrogen) atoms. The third-order valence-electron chi connectivity index (χ3n) is 2.56. The van der Waals surface area contributed by atoms with Gasteiger partial charge in [0.15, 0.2) is 10.8 Å². The minimum Gasteiger partial charge on any atom is -0.381 e. The van der Waals surface area contributed by atoms with Crippen LogP contribution in [-0.2, 0) is 23.5 Å². The van der Waals surface area contributed by atoms with Crippen molar-refractivity contribution in [1.29, 1.82) is 0 Å². The Kier molecular flexibility index (Phi) is 3.82. The SMILES string of the molecule is Cn1cnc(N)c1S(=O)(=O)NCCc1ccccn1. The molecule has 0 amide bonds. The van der Waals surface area contributed by atoms with Gasteiger partial charge in [-0.25, -0.2) is 18.1 Å². The maximum Gasteiger partial charge on any atom is 0.260 e. The predicted octanol–water partition coefficient (Wildman–Crippen LogP) is -0.0817. The van der Waals surface area contributed by atoms with Gasteiger partial charge in [0.2, 0.25) is 0 Å². The van der Waals surface area contributed by atoms with Crippen LogP contribution < -0.4 is 10.5 Å². The molecular weight excluding hydrogens is 266 g/mol. The number of sulfonamides is 1. The molecular formula is C11H15N5O2S. The summed E-state index contributed by atoms with van der Waals surface area (Å²) >= 11 is 0. The van der Waals surface area contributed by atoms with Crippen LogP contribution in [0.1, 0.15) is 5.69 Å². The minimum absolute atomic E-state index is 0.00663. The van der Waals surface area contributed by atoms with Crippen LogP contribution in [0, 0.1) is 0 Å². The van der Waals surface area contributed by atoms with E-state index < -0.39 is 10.0 Å². The van der Waals surface area contributed by atoms with Crippen LogP contribution in [0.2, 0.25) is 0 Å². The molecule has 0 saturated carbocycles. The van der Waals surface area contributed by atoms with Crippen molar-refractivity contribution in [3.63, 3.8) is 0 Å². The Morgan fingerprint density at radius 1 is 1.37 bits per heavy atom. The van der Waals surface area contributed by atoms with E-state index in [0.717, 1.165) is 5.69 Å². The molecule has 0 unspecified atom stereocenters. The highest BCUT2D eigenvalue weighted by Crippen LogP contribution is 2.14. The lowest BCUT2D eigenvalue weighted by atomic mass is 10.3. The summed E-state index contributed by atoms with van der Waals surface area (Å²) in [5, 5.41) is -0.0199. The Balaban J connectivity index is 2.03. The van der Waals surface area contributed by atoms with E-state index in [4.69, 9.17) is 5.73 Å². The van der Waals surface area contributed by atoms with E-state index in [2.05, 4.69) is 14.7 Å². The molecule has 0 aromatic carbocycles. The van der Waals surface area contributed by atoms with Gasteiger partial charge in [-0.15, -0.1) is 0 Å². The Morgan fingerprint density at radius 2 is 2.16 bits per heavy atom. The first-order valence-electron chi connectivity index (χ1n) is 5.67. The van der Waals surface area contributed by atoms with Crippen LogP contribution in [0.3, 0.4) is 0 Å². The van der Waals surface area contributed by atoms with Crippen molar-refractivity contribution in [1.82, 2.24) is 19.3 Å². The fourth-order valence-electron chi connectivity index (χ4n) is 1.69. The van der Waals surface area contributed by atoms with Crippen LogP contribution >= 0.6 is 0 Å². The predicted molar refractivity (Wildman–Crippen MR) is 70.7 cm³/mol. The number of nitrogens with zero attached hydrogens (tertiary/aromatic N) is 3. The third kappa shape index (κ3) is 3.09. The minimum atomic E-state index is -3.65. The fourth-order valence-corrected chi connectivity index (χ4v) is 2.95. The third-order valence-corrected chi connectivity index (χ3v) is 4.15. The van der Waals surface area contributed by atoms with Gasteiger partial charge in [0.1, 0.15) is 0 Å². The molecule has 0 atom stereocenters. The zero-order valence-electron chi connectivity index (χ0n) is 10.4. The number of nitrogens with one attached hydrogen (secondary N) is 1. The van der Waals surface area contributed by atoms with Crippen LogP contribution in [0.4, 0.5) is 5.82 Å². The number of anilines is 1. The quantitative estimate of drug-likeness (QED) is 0.798. The average Bonchev–Trinajstić information content (AvgIpc) is 2.70. The summed E-state index contributed by atoms with van der Waals surface area (Å²) < 4.78 is 28.0. The summed E-state index contributed by atoms with van der Waals surface area (Å²) in [5.41, 5.74) is 6.37. The summed E-state index contributed by atoms with van der Waals surface area (Å²) in [4.78, 5) is 7.88. The summed E-state index contributed by atoms with van der Waals surface area (Å²) in [6, 6.07) is 5.51. The lowest BCUT2D eigenvalue weighted by Crippen LogP contribution is -2.28. The van der Waals surface area contributed by atoms with E-state index in [1.807, 2.05) is 18.2 Å². The van der Waals surface area contributed by atoms with Gasteiger partial charge in [0.05, 0.1) is 6.33 Å². The van der Waals surface area contributed by atoms with E-state index >= 15 is 0 Å². The molecule has 0 bridgehead atoms. The lowest BCUT2D eigenvalue weighted by molar-refractivity contribution is 0.571. The average molecular weight is 281 g/mol. The van der Waals surface area contributed by atoms with Gasteiger partial charge in [-0.05, 0) is 12.1 Å². The van der Waals surface area contributed by atoms with Crippen LogP contribution in [0.5, 0.6) is 0 Å². The molecule has 0 aliphatic heterocycles. The number of pyridine rings is 1. The van der Waals surface area contributed by atoms with Gasteiger partial charge in [0.25, 0.3) is 10.0 Å². The molecule has 0 spiro atoms. The second kappa shape index (κ2) is 5.37. The number of aryl methyl sites for hydroxylation is 1. The van der Waals surface area contributed by atoms with E-state index in [1.54, 1.807) is 13.2 Å². The van der Waals surface area contributed by atoms with E-state index in [0.29, 0.717) is 6.42 Å². The van der Waals surface area contributed by atoms with Crippen molar-refractivity contribution in [2.45, 2.75) is 11.4 Å². The first kappa shape index (κ1) is 13.5. The highest BCUT2D eigenvalue weighted by Gasteiger charge is 2.21. The number of imidazole rings is 1. The molecule has 2 heterocycles. The Bertz CT molecular complexity index is 631. The largest absolute Gasteiger partial charge is 0.381 e.